The normalized spacial score (nSPS) is 13.6. The van der Waals surface area contributed by atoms with E-state index in [1.54, 1.807) is 30.0 Å². The summed E-state index contributed by atoms with van der Waals surface area (Å²) in [6.45, 7) is 9.81. The zero-order valence-electron chi connectivity index (χ0n) is 24.4. The van der Waals surface area contributed by atoms with Crippen molar-refractivity contribution < 1.29 is 9.53 Å². The Balaban J connectivity index is 1.49. The van der Waals surface area contributed by atoms with Crippen molar-refractivity contribution in [1.82, 2.24) is 19.4 Å². The average Bonchev–Trinajstić information content (AvgIpc) is 3.00. The van der Waals surface area contributed by atoms with Crippen molar-refractivity contribution in [3.05, 3.63) is 88.9 Å². The number of ether oxygens (including phenoxy) is 1. The van der Waals surface area contributed by atoms with Gasteiger partial charge in [-0.2, -0.15) is 4.98 Å². The van der Waals surface area contributed by atoms with Crippen molar-refractivity contribution in [2.24, 2.45) is 0 Å². The van der Waals surface area contributed by atoms with Gasteiger partial charge in [0, 0.05) is 61.3 Å². The fraction of sp³-hybridized carbons (Fsp3) is 0.312. The highest BCUT2D eigenvalue weighted by molar-refractivity contribution is 5.98. The number of likely N-dealkylation sites (N-methyl/N-ethyl adjacent to an activating group) is 1. The average molecular weight is 568 g/mol. The van der Waals surface area contributed by atoms with Crippen molar-refractivity contribution in [1.29, 1.82) is 0 Å². The Bertz CT molecular complexity index is 1660. The second kappa shape index (κ2) is 12.9. The number of rotatable bonds is 10. The highest BCUT2D eigenvalue weighted by Gasteiger charge is 2.17. The van der Waals surface area contributed by atoms with Crippen molar-refractivity contribution in [3.63, 3.8) is 0 Å². The van der Waals surface area contributed by atoms with E-state index >= 15 is 0 Å². The molecule has 1 fully saturated rings. The van der Waals surface area contributed by atoms with Crippen LogP contribution in [0.1, 0.15) is 24.5 Å². The summed E-state index contributed by atoms with van der Waals surface area (Å²) < 4.78 is 7.37. The van der Waals surface area contributed by atoms with E-state index in [4.69, 9.17) is 9.72 Å². The van der Waals surface area contributed by atoms with Crippen LogP contribution in [0.15, 0.2) is 72.2 Å². The molecular weight excluding hydrogens is 530 g/mol. The van der Waals surface area contributed by atoms with Gasteiger partial charge in [-0.15, -0.1) is 0 Å². The van der Waals surface area contributed by atoms with Gasteiger partial charge >= 0.3 is 0 Å². The number of aryl methyl sites for hydroxylation is 1. The number of fused-ring (bicyclic) bond motifs is 1. The number of methoxy groups -OCH3 is 1. The standard InChI is InChI=1S/C32H37N7O3/c1-5-8-23-18-30(41)39(21-22-9-7-10-24(17-22)34-29(40)6-2)31-26(23)20-33-32(36-31)35-27-12-11-25(19-28(27)42-4)38-15-13-37(3)14-16-38/h6-7,9-12,17-20H,2,5,8,13-16,21H2,1,3-4H3,(H,34,40)(H,33,35,36). The second-order valence-corrected chi connectivity index (χ2v) is 10.5. The summed E-state index contributed by atoms with van der Waals surface area (Å²) in [7, 11) is 3.79. The first kappa shape index (κ1) is 28.8. The molecule has 2 aromatic carbocycles. The second-order valence-electron chi connectivity index (χ2n) is 10.5. The zero-order valence-corrected chi connectivity index (χ0v) is 24.4. The summed E-state index contributed by atoms with van der Waals surface area (Å²) >= 11 is 0. The lowest BCUT2D eigenvalue weighted by molar-refractivity contribution is -0.111. The lowest BCUT2D eigenvalue weighted by Gasteiger charge is -2.34. The largest absolute Gasteiger partial charge is 0.494 e. The lowest BCUT2D eigenvalue weighted by atomic mass is 10.1. The number of pyridine rings is 1. The molecule has 1 amide bonds. The van der Waals surface area contributed by atoms with Crippen LogP contribution < -0.4 is 25.8 Å². The first-order chi connectivity index (χ1) is 20.4. The van der Waals surface area contributed by atoms with Crippen LogP contribution in [0.3, 0.4) is 0 Å². The van der Waals surface area contributed by atoms with Crippen LogP contribution in [0.2, 0.25) is 0 Å². The van der Waals surface area contributed by atoms with E-state index in [2.05, 4.69) is 52.0 Å². The van der Waals surface area contributed by atoms with Gasteiger partial charge in [-0.1, -0.05) is 32.1 Å². The summed E-state index contributed by atoms with van der Waals surface area (Å²) in [5.74, 6) is 0.752. The van der Waals surface area contributed by atoms with Crippen LogP contribution in [0.4, 0.5) is 23.0 Å². The predicted molar refractivity (Wildman–Crippen MR) is 168 cm³/mol. The van der Waals surface area contributed by atoms with E-state index in [1.807, 2.05) is 30.3 Å². The van der Waals surface area contributed by atoms with Crippen LogP contribution in [-0.4, -0.2) is 65.7 Å². The Hall–Kier alpha value is -4.70. The maximum Gasteiger partial charge on any atom is 0.252 e. The zero-order chi connectivity index (χ0) is 29.6. The lowest BCUT2D eigenvalue weighted by Crippen LogP contribution is -2.44. The molecule has 218 valence electrons. The number of piperazine rings is 1. The number of nitrogens with zero attached hydrogens (tertiary/aromatic N) is 5. The van der Waals surface area contributed by atoms with Gasteiger partial charge in [0.25, 0.3) is 5.56 Å². The van der Waals surface area contributed by atoms with E-state index < -0.39 is 0 Å². The topological polar surface area (TPSA) is 105 Å². The molecule has 1 aliphatic rings. The third-order valence-electron chi connectivity index (χ3n) is 7.47. The van der Waals surface area contributed by atoms with Crippen LogP contribution in [0.5, 0.6) is 5.75 Å². The fourth-order valence-corrected chi connectivity index (χ4v) is 5.19. The molecule has 0 aliphatic carbocycles. The van der Waals surface area contributed by atoms with Gasteiger partial charge in [0.05, 0.1) is 19.3 Å². The van der Waals surface area contributed by atoms with Crippen LogP contribution in [0, 0.1) is 0 Å². The Kier molecular flexibility index (Phi) is 8.83. The minimum atomic E-state index is -0.297. The SMILES string of the molecule is C=CC(=O)Nc1cccc(Cn2c(=O)cc(CCC)c3cnc(Nc4ccc(N5CCN(C)CC5)cc4OC)nc32)c1. The number of hydrogen-bond donors (Lipinski definition) is 2. The molecule has 0 radical (unpaired) electrons. The Morgan fingerprint density at radius 3 is 2.67 bits per heavy atom. The molecule has 0 bridgehead atoms. The van der Waals surface area contributed by atoms with Gasteiger partial charge in [-0.3, -0.25) is 14.2 Å². The van der Waals surface area contributed by atoms with Gasteiger partial charge < -0.3 is 25.2 Å². The number of benzene rings is 2. The number of hydrogen-bond acceptors (Lipinski definition) is 8. The number of aromatic nitrogens is 3. The monoisotopic (exact) mass is 567 g/mol. The molecule has 0 saturated carbocycles. The number of anilines is 4. The van der Waals surface area contributed by atoms with Crippen LogP contribution >= 0.6 is 0 Å². The number of carbonyl (C=O) groups is 1. The van der Waals surface area contributed by atoms with Gasteiger partial charge in [-0.05, 0) is 54.9 Å². The van der Waals surface area contributed by atoms with Crippen molar-refractivity contribution >= 4 is 40.0 Å². The highest BCUT2D eigenvalue weighted by atomic mass is 16.5. The Labute approximate surface area is 245 Å². The van der Waals surface area contributed by atoms with Gasteiger partial charge in [-0.25, -0.2) is 4.98 Å². The third-order valence-corrected chi connectivity index (χ3v) is 7.47. The summed E-state index contributed by atoms with van der Waals surface area (Å²) in [4.78, 5) is 39.3. The van der Waals surface area contributed by atoms with Crippen molar-refractivity contribution in [2.75, 3.05) is 55.9 Å². The maximum atomic E-state index is 13.4. The Morgan fingerprint density at radius 1 is 1.12 bits per heavy atom. The molecule has 0 unspecified atom stereocenters. The summed E-state index contributed by atoms with van der Waals surface area (Å²) in [5.41, 5.74) is 4.62. The third kappa shape index (κ3) is 6.44. The first-order valence-electron chi connectivity index (χ1n) is 14.2. The van der Waals surface area contributed by atoms with E-state index in [0.29, 0.717) is 23.0 Å². The molecule has 42 heavy (non-hydrogen) atoms. The van der Waals surface area contributed by atoms with Crippen LogP contribution in [0.25, 0.3) is 11.0 Å². The van der Waals surface area contributed by atoms with Crippen LogP contribution in [-0.2, 0) is 17.8 Å². The highest BCUT2D eigenvalue weighted by Crippen LogP contribution is 2.32. The minimum Gasteiger partial charge on any atom is -0.494 e. The number of nitrogens with one attached hydrogen (secondary N) is 2. The van der Waals surface area contributed by atoms with E-state index in [0.717, 1.165) is 66.9 Å². The maximum absolute atomic E-state index is 13.4. The summed E-state index contributed by atoms with van der Waals surface area (Å²) in [5, 5.41) is 6.91. The number of amides is 1. The molecular formula is C32H37N7O3. The molecule has 1 aliphatic heterocycles. The predicted octanol–water partition coefficient (Wildman–Crippen LogP) is 4.42. The van der Waals surface area contributed by atoms with Gasteiger partial charge in [0.15, 0.2) is 0 Å². The molecule has 0 spiro atoms. The molecule has 0 atom stereocenters. The van der Waals surface area contributed by atoms with Gasteiger partial charge in [0.1, 0.15) is 11.4 Å². The van der Waals surface area contributed by atoms with E-state index in [-0.39, 0.29) is 18.0 Å². The molecule has 10 nitrogen and oxygen atoms in total. The molecule has 1 saturated heterocycles. The molecule has 3 heterocycles. The molecule has 10 heteroatoms. The van der Waals surface area contributed by atoms with Gasteiger partial charge in [0.2, 0.25) is 11.9 Å². The van der Waals surface area contributed by atoms with E-state index in [1.165, 1.54) is 6.08 Å². The molecule has 2 N–H and O–H groups in total. The Morgan fingerprint density at radius 2 is 1.93 bits per heavy atom. The smallest absolute Gasteiger partial charge is 0.252 e. The summed E-state index contributed by atoms with van der Waals surface area (Å²) in [6.07, 6.45) is 4.63. The van der Waals surface area contributed by atoms with Crippen molar-refractivity contribution in [2.45, 2.75) is 26.3 Å². The molecule has 2 aromatic heterocycles. The quantitative estimate of drug-likeness (QED) is 0.272. The number of carbonyl (C=O) groups excluding carboxylic acids is 1. The molecule has 5 rings (SSSR count). The first-order valence-corrected chi connectivity index (χ1v) is 14.2. The minimum absolute atomic E-state index is 0.148. The van der Waals surface area contributed by atoms with Crippen molar-refractivity contribution in [3.8, 4) is 5.75 Å². The van der Waals surface area contributed by atoms with E-state index in [9.17, 15) is 9.59 Å². The summed E-state index contributed by atoms with van der Waals surface area (Å²) in [6, 6.07) is 15.1. The molecule has 4 aromatic rings. The fourth-order valence-electron chi connectivity index (χ4n) is 5.19.